The van der Waals surface area contributed by atoms with E-state index in [1.807, 2.05) is 0 Å². The van der Waals surface area contributed by atoms with Crippen LogP contribution < -0.4 is 16.4 Å². The average molecular weight is 507 g/mol. The third-order valence-electron chi connectivity index (χ3n) is 5.99. The van der Waals surface area contributed by atoms with E-state index in [1.165, 1.54) is 11.0 Å². The van der Waals surface area contributed by atoms with Gasteiger partial charge in [-0.1, -0.05) is 30.8 Å². The monoisotopic (exact) mass is 507 g/mol. The van der Waals surface area contributed by atoms with Crippen LogP contribution in [-0.2, 0) is 4.79 Å². The number of carbonyl (C=O) groups excluding carboxylic acids is 2. The molecule has 37 heavy (non-hydrogen) atoms. The summed E-state index contributed by atoms with van der Waals surface area (Å²) in [6, 6.07) is 12.5. The molecule has 12 heteroatoms. The summed E-state index contributed by atoms with van der Waals surface area (Å²) in [5, 5.41) is 13.7. The van der Waals surface area contributed by atoms with Crippen LogP contribution in [0.1, 0.15) is 23.2 Å². The topological polar surface area (TPSA) is 127 Å². The predicted molar refractivity (Wildman–Crippen MR) is 130 cm³/mol. The van der Waals surface area contributed by atoms with Gasteiger partial charge in [0.15, 0.2) is 11.6 Å². The molecule has 2 aromatic carbocycles. The highest BCUT2D eigenvalue weighted by Crippen LogP contribution is 2.38. The number of fused-ring (bicyclic) bond motifs is 1. The normalized spacial score (nSPS) is 14.7. The summed E-state index contributed by atoms with van der Waals surface area (Å²) in [5.41, 5.74) is 9.65. The maximum absolute atomic E-state index is 13.1. The first-order chi connectivity index (χ1) is 17.6. The molecular formula is C25H20F3N7O2. The van der Waals surface area contributed by atoms with Crippen molar-refractivity contribution in [2.24, 2.45) is 0 Å². The van der Waals surface area contributed by atoms with E-state index in [0.717, 1.165) is 0 Å². The number of anilines is 2. The SMILES string of the molecule is C=C(F)C(=O)Nc1ccc(-c2nn3ncnc(N)c3c2-c2ccc(C(=O)NC3CC(F)(F)C3)cc2)cc1. The molecule has 1 fully saturated rings. The number of hydrogen-bond acceptors (Lipinski definition) is 6. The molecule has 4 N–H and O–H groups in total. The van der Waals surface area contributed by atoms with Crippen LogP contribution >= 0.6 is 0 Å². The fraction of sp³-hybridized carbons (Fsp3) is 0.160. The third-order valence-corrected chi connectivity index (χ3v) is 5.99. The van der Waals surface area contributed by atoms with E-state index in [4.69, 9.17) is 5.73 Å². The van der Waals surface area contributed by atoms with Crippen LogP contribution in [0, 0.1) is 0 Å². The number of benzene rings is 2. The molecule has 9 nitrogen and oxygen atoms in total. The standard InChI is InChI=1S/C25H20F3N7O2/c1-13(26)23(36)32-17-8-6-15(7-9-17)20-19(21-22(29)30-12-31-35(21)34-20)14-2-4-16(5-3-14)24(37)33-18-10-25(27,28)11-18/h2-9,12,18H,1,10-11H2,(H,32,36)(H,33,37)(H2,29,30,31). The van der Waals surface area contributed by atoms with Crippen LogP contribution in [0.25, 0.3) is 27.9 Å². The van der Waals surface area contributed by atoms with Crippen LogP contribution in [0.4, 0.5) is 24.7 Å². The number of rotatable bonds is 6. The Labute approximate surface area is 208 Å². The molecule has 1 saturated carbocycles. The third kappa shape index (κ3) is 4.73. The first kappa shape index (κ1) is 24.0. The number of carbonyl (C=O) groups is 2. The highest BCUT2D eigenvalue weighted by Gasteiger charge is 2.45. The molecule has 0 unspecified atom stereocenters. The zero-order valence-corrected chi connectivity index (χ0v) is 19.2. The maximum Gasteiger partial charge on any atom is 0.283 e. The van der Waals surface area contributed by atoms with E-state index in [1.54, 1.807) is 48.5 Å². The van der Waals surface area contributed by atoms with E-state index in [0.29, 0.717) is 39.2 Å². The molecule has 0 radical (unpaired) electrons. The fourth-order valence-corrected chi connectivity index (χ4v) is 4.13. The van der Waals surface area contributed by atoms with Crippen LogP contribution in [0.15, 0.2) is 67.3 Å². The quantitative estimate of drug-likeness (QED) is 0.339. The zero-order valence-electron chi connectivity index (χ0n) is 19.2. The summed E-state index contributed by atoms with van der Waals surface area (Å²) in [5.74, 6) is -5.04. The highest BCUT2D eigenvalue weighted by atomic mass is 19.3. The smallest absolute Gasteiger partial charge is 0.283 e. The molecule has 4 aromatic rings. The molecular weight excluding hydrogens is 487 g/mol. The highest BCUT2D eigenvalue weighted by molar-refractivity contribution is 6.02. The maximum atomic E-state index is 13.1. The summed E-state index contributed by atoms with van der Waals surface area (Å²) < 4.78 is 40.5. The number of halogens is 3. The summed E-state index contributed by atoms with van der Waals surface area (Å²) in [6.45, 7) is 2.97. The summed E-state index contributed by atoms with van der Waals surface area (Å²) in [4.78, 5) is 28.1. The zero-order chi connectivity index (χ0) is 26.3. The van der Waals surface area contributed by atoms with Gasteiger partial charge in [-0.3, -0.25) is 9.59 Å². The van der Waals surface area contributed by atoms with Crippen LogP contribution in [0.5, 0.6) is 0 Å². The molecule has 0 bridgehead atoms. The summed E-state index contributed by atoms with van der Waals surface area (Å²) >= 11 is 0. The first-order valence-corrected chi connectivity index (χ1v) is 11.2. The number of hydrogen-bond donors (Lipinski definition) is 3. The molecule has 0 aliphatic heterocycles. The van der Waals surface area contributed by atoms with Crippen LogP contribution in [0.3, 0.4) is 0 Å². The van der Waals surface area contributed by atoms with Gasteiger partial charge in [-0.05, 0) is 29.8 Å². The van der Waals surface area contributed by atoms with Crippen molar-refractivity contribution in [3.05, 3.63) is 72.8 Å². The molecule has 5 rings (SSSR count). The lowest BCUT2D eigenvalue weighted by Crippen LogP contribution is -2.50. The van der Waals surface area contributed by atoms with E-state index < -0.39 is 29.6 Å². The Balaban J connectivity index is 1.47. The van der Waals surface area contributed by atoms with Crippen molar-refractivity contribution in [2.75, 3.05) is 11.1 Å². The Morgan fingerprint density at radius 3 is 2.32 bits per heavy atom. The lowest BCUT2D eigenvalue weighted by molar-refractivity contribution is -0.114. The lowest BCUT2D eigenvalue weighted by atomic mass is 9.88. The van der Waals surface area contributed by atoms with Gasteiger partial charge in [-0.2, -0.15) is 0 Å². The number of alkyl halides is 2. The molecule has 0 atom stereocenters. The first-order valence-electron chi connectivity index (χ1n) is 11.2. The second-order valence-electron chi connectivity index (χ2n) is 8.66. The molecule has 2 aromatic heterocycles. The summed E-state index contributed by atoms with van der Waals surface area (Å²) in [6.07, 6.45) is 0.530. The van der Waals surface area contributed by atoms with Gasteiger partial charge < -0.3 is 16.4 Å². The Morgan fingerprint density at radius 1 is 1.05 bits per heavy atom. The molecule has 0 spiro atoms. The van der Waals surface area contributed by atoms with Gasteiger partial charge in [0.2, 0.25) is 0 Å². The molecule has 1 aliphatic rings. The van der Waals surface area contributed by atoms with Gasteiger partial charge in [0.1, 0.15) is 17.5 Å². The van der Waals surface area contributed by atoms with Crippen LogP contribution in [-0.4, -0.2) is 43.6 Å². The van der Waals surface area contributed by atoms with E-state index in [2.05, 4.69) is 32.4 Å². The minimum atomic E-state index is -2.73. The predicted octanol–water partition coefficient (Wildman–Crippen LogP) is 3.99. The Hall–Kier alpha value is -4.74. The minimum Gasteiger partial charge on any atom is -0.382 e. The number of nitrogens with zero attached hydrogens (tertiary/aromatic N) is 4. The number of amides is 2. The van der Waals surface area contributed by atoms with E-state index in [-0.39, 0.29) is 18.7 Å². The van der Waals surface area contributed by atoms with Gasteiger partial charge in [0, 0.05) is 41.3 Å². The average Bonchev–Trinajstić information content (AvgIpc) is 3.24. The van der Waals surface area contributed by atoms with Crippen molar-refractivity contribution in [1.29, 1.82) is 0 Å². The van der Waals surface area contributed by atoms with E-state index in [9.17, 15) is 22.8 Å². The van der Waals surface area contributed by atoms with Crippen LogP contribution in [0.2, 0.25) is 0 Å². The second-order valence-corrected chi connectivity index (χ2v) is 8.66. The van der Waals surface area contributed by atoms with Gasteiger partial charge in [0.25, 0.3) is 17.7 Å². The van der Waals surface area contributed by atoms with Crippen molar-refractivity contribution in [3.63, 3.8) is 0 Å². The fourth-order valence-electron chi connectivity index (χ4n) is 4.13. The lowest BCUT2D eigenvalue weighted by Gasteiger charge is -2.35. The van der Waals surface area contributed by atoms with Crippen molar-refractivity contribution in [2.45, 2.75) is 24.8 Å². The molecule has 2 heterocycles. The van der Waals surface area contributed by atoms with E-state index >= 15 is 0 Å². The largest absolute Gasteiger partial charge is 0.382 e. The number of nitrogens with two attached hydrogens (primary N) is 1. The molecule has 2 amide bonds. The van der Waals surface area contributed by atoms with Gasteiger partial charge in [-0.15, -0.1) is 14.8 Å². The van der Waals surface area contributed by atoms with Crippen molar-refractivity contribution >= 4 is 28.8 Å². The number of nitrogens with one attached hydrogen (secondary N) is 2. The summed E-state index contributed by atoms with van der Waals surface area (Å²) in [7, 11) is 0. The molecule has 188 valence electrons. The van der Waals surface area contributed by atoms with Crippen molar-refractivity contribution < 1.29 is 22.8 Å². The number of aromatic nitrogens is 4. The number of nitrogen functional groups attached to an aromatic ring is 1. The Morgan fingerprint density at radius 2 is 1.70 bits per heavy atom. The van der Waals surface area contributed by atoms with Gasteiger partial charge in [-0.25, -0.2) is 18.2 Å². The Kier molecular flexibility index (Phi) is 5.86. The van der Waals surface area contributed by atoms with Gasteiger partial charge >= 0.3 is 0 Å². The Bertz CT molecular complexity index is 1520. The molecule has 1 aliphatic carbocycles. The van der Waals surface area contributed by atoms with Crippen molar-refractivity contribution in [1.82, 2.24) is 25.1 Å². The van der Waals surface area contributed by atoms with Crippen molar-refractivity contribution in [3.8, 4) is 22.4 Å². The minimum absolute atomic E-state index is 0.182. The second kappa shape index (κ2) is 9.04. The molecule has 0 saturated heterocycles. The van der Waals surface area contributed by atoms with Gasteiger partial charge in [0.05, 0.1) is 0 Å².